The number of hydrogen-bond donors (Lipinski definition) is 1. The summed E-state index contributed by atoms with van der Waals surface area (Å²) in [4.78, 5) is 14.5. The Hall–Kier alpha value is -2.14. The molecule has 1 atom stereocenters. The largest absolute Gasteiger partial charge is 0.396 e. The number of nitrogens with zero attached hydrogens (tertiary/aromatic N) is 3. The molecule has 0 saturated carbocycles. The second-order valence-corrected chi connectivity index (χ2v) is 6.22. The number of amides is 1. The number of aryl methyl sites for hydroxylation is 2. The van der Waals surface area contributed by atoms with Crippen molar-refractivity contribution in [2.24, 2.45) is 7.05 Å². The predicted molar refractivity (Wildman–Crippen MR) is 89.6 cm³/mol. The van der Waals surface area contributed by atoms with Crippen molar-refractivity contribution in [3.05, 3.63) is 46.8 Å². The molecular formula is C18H23N3O2. The zero-order valence-corrected chi connectivity index (χ0v) is 13.9. The smallest absolute Gasteiger partial charge is 0.227 e. The Kier molecular flexibility index (Phi) is 4.22. The van der Waals surface area contributed by atoms with Crippen LogP contribution < -0.4 is 4.90 Å². The van der Waals surface area contributed by atoms with Crippen LogP contribution in [-0.2, 0) is 18.3 Å². The van der Waals surface area contributed by atoms with Crippen molar-refractivity contribution in [1.82, 2.24) is 9.78 Å². The third kappa shape index (κ3) is 2.77. The quantitative estimate of drug-likeness (QED) is 0.940. The zero-order valence-electron chi connectivity index (χ0n) is 13.9. The topological polar surface area (TPSA) is 58.4 Å². The molecule has 5 heteroatoms. The fourth-order valence-corrected chi connectivity index (χ4v) is 3.43. The van der Waals surface area contributed by atoms with Gasteiger partial charge < -0.3 is 10.0 Å². The first-order valence-electron chi connectivity index (χ1n) is 8.02. The number of aliphatic hydroxyl groups excluding tert-OH is 1. The molecule has 0 spiro atoms. The number of carbonyl (C=O) groups is 1. The number of anilines is 1. The van der Waals surface area contributed by atoms with Crippen LogP contribution >= 0.6 is 0 Å². The highest BCUT2D eigenvalue weighted by Crippen LogP contribution is 2.36. The van der Waals surface area contributed by atoms with Gasteiger partial charge in [-0.15, -0.1) is 0 Å². The van der Waals surface area contributed by atoms with Gasteiger partial charge in [0.25, 0.3) is 0 Å². The highest BCUT2D eigenvalue weighted by atomic mass is 16.3. The van der Waals surface area contributed by atoms with E-state index in [1.807, 2.05) is 54.7 Å². The summed E-state index contributed by atoms with van der Waals surface area (Å²) in [5.41, 5.74) is 5.28. The molecule has 1 unspecified atom stereocenters. The van der Waals surface area contributed by atoms with Gasteiger partial charge in [-0.3, -0.25) is 9.48 Å². The summed E-state index contributed by atoms with van der Waals surface area (Å²) in [6.07, 6.45) is 1.16. The molecule has 1 aliphatic rings. The monoisotopic (exact) mass is 313 g/mol. The normalized spacial score (nSPS) is 16.7. The van der Waals surface area contributed by atoms with Crippen molar-refractivity contribution in [1.29, 1.82) is 0 Å². The summed E-state index contributed by atoms with van der Waals surface area (Å²) >= 11 is 0. The molecule has 5 nitrogen and oxygen atoms in total. The second kappa shape index (κ2) is 6.16. The molecule has 1 aromatic carbocycles. The molecular weight excluding hydrogens is 290 g/mol. The van der Waals surface area contributed by atoms with E-state index in [1.165, 1.54) is 0 Å². The minimum Gasteiger partial charge on any atom is -0.396 e. The van der Waals surface area contributed by atoms with Crippen molar-refractivity contribution in [3.63, 3.8) is 0 Å². The molecule has 0 saturated heterocycles. The molecule has 23 heavy (non-hydrogen) atoms. The maximum absolute atomic E-state index is 12.7. The van der Waals surface area contributed by atoms with Gasteiger partial charge in [-0.1, -0.05) is 18.2 Å². The molecule has 3 rings (SSSR count). The van der Waals surface area contributed by atoms with E-state index < -0.39 is 0 Å². The van der Waals surface area contributed by atoms with Crippen molar-refractivity contribution < 1.29 is 9.90 Å². The maximum atomic E-state index is 12.7. The summed E-state index contributed by atoms with van der Waals surface area (Å²) in [7, 11) is 1.93. The van der Waals surface area contributed by atoms with Crippen LogP contribution in [0.15, 0.2) is 24.3 Å². The lowest BCUT2D eigenvalue weighted by Gasteiger charge is -2.17. The van der Waals surface area contributed by atoms with E-state index in [9.17, 15) is 9.90 Å². The average Bonchev–Trinajstić information content (AvgIpc) is 3.04. The molecule has 2 aromatic rings. The van der Waals surface area contributed by atoms with E-state index in [2.05, 4.69) is 5.10 Å². The molecule has 122 valence electrons. The minimum atomic E-state index is 0.0250. The Morgan fingerprint density at radius 3 is 2.74 bits per heavy atom. The van der Waals surface area contributed by atoms with Gasteiger partial charge in [0.2, 0.25) is 5.91 Å². The number of para-hydroxylation sites is 1. The molecule has 0 aliphatic carbocycles. The number of carbonyl (C=O) groups excluding carboxylic acids is 1. The van der Waals surface area contributed by atoms with Crippen molar-refractivity contribution in [2.45, 2.75) is 32.6 Å². The summed E-state index contributed by atoms with van der Waals surface area (Å²) in [6.45, 7) is 4.66. The van der Waals surface area contributed by atoms with E-state index in [0.29, 0.717) is 19.4 Å². The fourth-order valence-electron chi connectivity index (χ4n) is 3.43. The Morgan fingerprint density at radius 2 is 2.09 bits per heavy atom. The number of benzene rings is 1. The van der Waals surface area contributed by atoms with Gasteiger partial charge >= 0.3 is 0 Å². The van der Waals surface area contributed by atoms with Gasteiger partial charge in [0.15, 0.2) is 0 Å². The van der Waals surface area contributed by atoms with E-state index in [4.69, 9.17) is 0 Å². The first kappa shape index (κ1) is 15.7. The van der Waals surface area contributed by atoms with Crippen LogP contribution in [0.5, 0.6) is 0 Å². The van der Waals surface area contributed by atoms with Gasteiger partial charge in [-0.05, 0) is 37.5 Å². The first-order valence-corrected chi connectivity index (χ1v) is 8.02. The predicted octanol–water partition coefficient (Wildman–Crippen LogP) is 2.09. The average molecular weight is 313 g/mol. The van der Waals surface area contributed by atoms with Crippen LogP contribution in [0.25, 0.3) is 0 Å². The van der Waals surface area contributed by atoms with Crippen LogP contribution in [0.4, 0.5) is 5.69 Å². The number of rotatable bonds is 4. The van der Waals surface area contributed by atoms with Gasteiger partial charge in [-0.2, -0.15) is 5.10 Å². The molecule has 1 aromatic heterocycles. The molecule has 2 heterocycles. The second-order valence-electron chi connectivity index (χ2n) is 6.22. The number of aromatic nitrogens is 2. The van der Waals surface area contributed by atoms with Gasteiger partial charge in [0.1, 0.15) is 0 Å². The highest BCUT2D eigenvalue weighted by molar-refractivity contribution is 5.96. The van der Waals surface area contributed by atoms with Crippen LogP contribution in [0, 0.1) is 13.8 Å². The molecule has 1 N–H and O–H groups in total. The Bertz CT molecular complexity index is 736. The molecule has 0 radical (unpaired) electrons. The van der Waals surface area contributed by atoms with Crippen LogP contribution in [-0.4, -0.2) is 33.9 Å². The van der Waals surface area contributed by atoms with Gasteiger partial charge in [0.05, 0.1) is 12.3 Å². The molecule has 1 aliphatic heterocycles. The lowest BCUT2D eigenvalue weighted by molar-refractivity contribution is -0.118. The van der Waals surface area contributed by atoms with E-state index >= 15 is 0 Å². The van der Waals surface area contributed by atoms with Crippen molar-refractivity contribution in [2.75, 3.05) is 18.1 Å². The molecule has 1 amide bonds. The Morgan fingerprint density at radius 1 is 1.35 bits per heavy atom. The van der Waals surface area contributed by atoms with E-state index in [0.717, 1.165) is 28.2 Å². The molecule has 0 bridgehead atoms. The number of aliphatic hydroxyl groups is 1. The lowest BCUT2D eigenvalue weighted by Crippen LogP contribution is -2.30. The highest BCUT2D eigenvalue weighted by Gasteiger charge is 2.31. The standard InChI is InChI=1S/C18H23N3O2/c1-12-15(13(2)20(3)19-12)8-9-18(23)21-10-14(11-22)16-6-4-5-7-17(16)21/h4-7,14,22H,8-11H2,1-3H3. The summed E-state index contributed by atoms with van der Waals surface area (Å²) in [6, 6.07) is 7.86. The summed E-state index contributed by atoms with van der Waals surface area (Å²) < 4.78 is 1.86. The van der Waals surface area contributed by atoms with Crippen LogP contribution in [0.1, 0.15) is 34.9 Å². The molecule has 0 fully saturated rings. The number of hydrogen-bond acceptors (Lipinski definition) is 3. The number of fused-ring (bicyclic) bond motifs is 1. The Balaban J connectivity index is 1.75. The van der Waals surface area contributed by atoms with E-state index in [-0.39, 0.29) is 18.4 Å². The van der Waals surface area contributed by atoms with E-state index in [1.54, 1.807) is 0 Å². The minimum absolute atomic E-state index is 0.0250. The van der Waals surface area contributed by atoms with Crippen LogP contribution in [0.3, 0.4) is 0 Å². The SMILES string of the molecule is Cc1nn(C)c(C)c1CCC(=O)N1CC(CO)c2ccccc21. The Labute approximate surface area is 136 Å². The third-order valence-corrected chi connectivity index (χ3v) is 4.84. The van der Waals surface area contributed by atoms with Gasteiger partial charge in [-0.25, -0.2) is 0 Å². The third-order valence-electron chi connectivity index (χ3n) is 4.84. The maximum Gasteiger partial charge on any atom is 0.227 e. The first-order chi connectivity index (χ1) is 11.0. The van der Waals surface area contributed by atoms with Crippen molar-refractivity contribution >= 4 is 11.6 Å². The zero-order chi connectivity index (χ0) is 16.6. The lowest BCUT2D eigenvalue weighted by atomic mass is 10.0. The van der Waals surface area contributed by atoms with Gasteiger partial charge in [0, 0.05) is 37.3 Å². The van der Waals surface area contributed by atoms with Crippen LogP contribution in [0.2, 0.25) is 0 Å². The summed E-state index contributed by atoms with van der Waals surface area (Å²) in [5, 5.41) is 14.0. The fraction of sp³-hybridized carbons (Fsp3) is 0.444. The summed E-state index contributed by atoms with van der Waals surface area (Å²) in [5.74, 6) is 0.132. The van der Waals surface area contributed by atoms with Crippen molar-refractivity contribution in [3.8, 4) is 0 Å².